The van der Waals surface area contributed by atoms with Gasteiger partial charge in [-0.25, -0.2) is 0 Å². The molecular formula is C30H33ClSiZr. The molecule has 0 heterocycles. The summed E-state index contributed by atoms with van der Waals surface area (Å²) in [4.78, 5) is 0. The van der Waals surface area contributed by atoms with Crippen LogP contribution >= 0.6 is 12.4 Å². The van der Waals surface area contributed by atoms with Crippen LogP contribution in [0.1, 0.15) is 25.7 Å². The molecule has 0 nitrogen and oxygen atoms in total. The van der Waals surface area contributed by atoms with Gasteiger partial charge in [-0.3, -0.25) is 0 Å². The van der Waals surface area contributed by atoms with Crippen LogP contribution in [0.2, 0.25) is 7.25 Å². The van der Waals surface area contributed by atoms with Crippen molar-refractivity contribution in [3.8, 4) is 0 Å². The fraction of sp³-hybridized carbons (Fsp3) is 0.333. The number of hydrogen-bond donors (Lipinski definition) is 0. The van der Waals surface area contributed by atoms with E-state index in [0.29, 0.717) is 0 Å². The zero-order chi connectivity index (χ0) is 21.3. The minimum Gasteiger partial charge on any atom is -0.147 e. The van der Waals surface area contributed by atoms with Gasteiger partial charge in [0.1, 0.15) is 0 Å². The van der Waals surface area contributed by atoms with Gasteiger partial charge < -0.3 is 0 Å². The Balaban J connectivity index is 0.00000228. The van der Waals surface area contributed by atoms with Crippen LogP contribution in [0, 0.1) is 23.7 Å². The van der Waals surface area contributed by atoms with Gasteiger partial charge >= 0.3 is 202 Å². The van der Waals surface area contributed by atoms with Gasteiger partial charge in [-0.15, -0.1) is 12.4 Å². The summed E-state index contributed by atoms with van der Waals surface area (Å²) in [6.45, 7) is 0. The van der Waals surface area contributed by atoms with E-state index < -0.39 is 25.8 Å². The maximum atomic E-state index is 2.61. The SMILES string of the molecule is C1=CC2CC[CH]([Zr]([CH]3CCC4C=CC=CC43)=[Si](c3ccccc3)c3ccccc3)C2C=C1.Cl. The first kappa shape index (κ1) is 23.5. The molecule has 2 aromatic rings. The topological polar surface area (TPSA) is 0 Å². The molecule has 6 rings (SSSR count). The Hall–Kier alpha value is -1.21. The summed E-state index contributed by atoms with van der Waals surface area (Å²) in [6.07, 6.45) is 25.4. The summed E-state index contributed by atoms with van der Waals surface area (Å²) >= 11 is -1.97. The number of fused-ring (bicyclic) bond motifs is 2. The van der Waals surface area contributed by atoms with E-state index in [1.165, 1.54) is 25.7 Å². The number of allylic oxidation sites excluding steroid dienone is 8. The standard InChI is InChI=1S/C12H10Si.2C9H11.ClH.Zr/c1-3-7-11(8-4-1)13-12-9-5-2-6-10-12;2*1-2-5-9-7-3-6-8(9)4-1;;/h1-10H;2*1-2,4-6,8-9H,3,7H2;1H;. The van der Waals surface area contributed by atoms with Crippen molar-refractivity contribution in [1.82, 2.24) is 0 Å². The second kappa shape index (κ2) is 10.6. The average Bonchev–Trinajstić information content (AvgIpc) is 3.48. The zero-order valence-corrected chi connectivity index (χ0v) is 23.4. The van der Waals surface area contributed by atoms with E-state index in [0.717, 1.165) is 30.9 Å². The second-order valence-corrected chi connectivity index (χ2v) is 24.8. The molecule has 0 radical (unpaired) electrons. The third kappa shape index (κ3) is 4.56. The van der Waals surface area contributed by atoms with Crippen molar-refractivity contribution in [2.24, 2.45) is 23.7 Å². The molecule has 3 heteroatoms. The number of halogens is 1. The number of hydrogen-bond acceptors (Lipinski definition) is 0. The van der Waals surface area contributed by atoms with Gasteiger partial charge in [0.15, 0.2) is 0 Å². The Bertz CT molecular complexity index is 1030. The second-order valence-electron chi connectivity index (χ2n) is 9.95. The van der Waals surface area contributed by atoms with Crippen molar-refractivity contribution < 1.29 is 20.4 Å². The quantitative estimate of drug-likeness (QED) is 0.373. The van der Waals surface area contributed by atoms with E-state index in [-0.39, 0.29) is 12.4 Å². The number of rotatable bonds is 4. The largest absolute Gasteiger partial charge is 0.147 e. The summed E-state index contributed by atoms with van der Waals surface area (Å²) in [7, 11) is 0. The first-order chi connectivity index (χ1) is 15.9. The van der Waals surface area contributed by atoms with Gasteiger partial charge in [-0.2, -0.15) is 0 Å². The first-order valence-electron chi connectivity index (χ1n) is 12.4. The molecule has 6 unspecified atom stereocenters. The number of benzene rings is 2. The zero-order valence-electron chi connectivity index (χ0n) is 19.1. The molecule has 0 aliphatic heterocycles. The molecule has 2 fully saturated rings. The van der Waals surface area contributed by atoms with Crippen LogP contribution < -0.4 is 10.4 Å². The molecule has 168 valence electrons. The van der Waals surface area contributed by atoms with Crippen molar-refractivity contribution in [3.63, 3.8) is 0 Å². The van der Waals surface area contributed by atoms with Gasteiger partial charge in [-0.05, 0) is 0 Å². The molecule has 6 atom stereocenters. The maximum Gasteiger partial charge on any atom is -0.147 e. The fourth-order valence-electron chi connectivity index (χ4n) is 6.99. The van der Waals surface area contributed by atoms with E-state index >= 15 is 0 Å². The van der Waals surface area contributed by atoms with Gasteiger partial charge in [-0.1, -0.05) is 0 Å². The summed E-state index contributed by atoms with van der Waals surface area (Å²) < 4.78 is 1.97. The molecule has 0 bridgehead atoms. The normalized spacial score (nSPS) is 31.0. The summed E-state index contributed by atoms with van der Waals surface area (Å²) in [5.41, 5.74) is -0.722. The molecule has 4 aliphatic rings. The van der Waals surface area contributed by atoms with E-state index in [2.05, 4.69) is 109 Å². The molecule has 0 amide bonds. The van der Waals surface area contributed by atoms with Crippen LogP contribution in [0.4, 0.5) is 0 Å². The van der Waals surface area contributed by atoms with Crippen LogP contribution in [0.5, 0.6) is 0 Å². The van der Waals surface area contributed by atoms with Crippen molar-refractivity contribution in [3.05, 3.63) is 109 Å². The third-order valence-electron chi connectivity index (χ3n) is 8.36. The van der Waals surface area contributed by atoms with E-state index in [1.54, 1.807) is 10.4 Å². The Morgan fingerprint density at radius 1 is 0.545 bits per heavy atom. The predicted octanol–water partition coefficient (Wildman–Crippen LogP) is 6.71. The summed E-state index contributed by atoms with van der Waals surface area (Å²) in [5.74, 6) is 3.22. The minimum absolute atomic E-state index is 0. The van der Waals surface area contributed by atoms with Crippen LogP contribution in [0.3, 0.4) is 0 Å². The maximum absolute atomic E-state index is 2.61. The van der Waals surface area contributed by atoms with Gasteiger partial charge in [0.25, 0.3) is 0 Å². The van der Waals surface area contributed by atoms with E-state index in [1.807, 2.05) is 0 Å². The Morgan fingerprint density at radius 3 is 1.42 bits per heavy atom. The van der Waals surface area contributed by atoms with Gasteiger partial charge in [0, 0.05) is 0 Å². The van der Waals surface area contributed by atoms with E-state index in [9.17, 15) is 0 Å². The summed E-state index contributed by atoms with van der Waals surface area (Å²) in [6, 6.07) is 23.5. The molecule has 2 aromatic carbocycles. The van der Waals surface area contributed by atoms with Crippen LogP contribution in [-0.4, -0.2) is 5.43 Å². The Labute approximate surface area is 213 Å². The van der Waals surface area contributed by atoms with Gasteiger partial charge in [0.05, 0.1) is 0 Å². The van der Waals surface area contributed by atoms with Crippen molar-refractivity contribution in [1.29, 1.82) is 0 Å². The Morgan fingerprint density at radius 2 is 0.970 bits per heavy atom. The predicted molar refractivity (Wildman–Crippen MR) is 142 cm³/mol. The average molecular weight is 548 g/mol. The van der Waals surface area contributed by atoms with Crippen molar-refractivity contribution in [2.45, 2.75) is 32.9 Å². The van der Waals surface area contributed by atoms with E-state index in [4.69, 9.17) is 0 Å². The minimum atomic E-state index is -1.97. The fourth-order valence-corrected chi connectivity index (χ4v) is 34.1. The smallest absolute Gasteiger partial charge is 0.147 e. The van der Waals surface area contributed by atoms with Crippen LogP contribution in [0.25, 0.3) is 0 Å². The van der Waals surface area contributed by atoms with Gasteiger partial charge in [0.2, 0.25) is 0 Å². The summed E-state index contributed by atoms with van der Waals surface area (Å²) in [5, 5.41) is 3.38. The van der Waals surface area contributed by atoms with Crippen molar-refractivity contribution >= 4 is 28.2 Å². The van der Waals surface area contributed by atoms with Crippen LogP contribution in [0.15, 0.2) is 109 Å². The molecule has 0 spiro atoms. The Kier molecular flexibility index (Phi) is 7.55. The molecular weight excluding hydrogens is 515 g/mol. The molecule has 0 N–H and O–H groups in total. The molecule has 2 saturated carbocycles. The molecule has 0 aromatic heterocycles. The third-order valence-corrected chi connectivity index (χ3v) is 30.9. The molecule has 4 aliphatic carbocycles. The monoisotopic (exact) mass is 546 g/mol. The first-order valence-corrected chi connectivity index (χ1v) is 20.5. The van der Waals surface area contributed by atoms with Crippen molar-refractivity contribution in [2.75, 3.05) is 0 Å². The van der Waals surface area contributed by atoms with Crippen LogP contribution in [-0.2, 0) is 20.4 Å². The molecule has 0 saturated heterocycles. The molecule has 33 heavy (non-hydrogen) atoms.